The van der Waals surface area contributed by atoms with E-state index < -0.39 is 32.8 Å². The number of benzene rings is 3. The van der Waals surface area contributed by atoms with Crippen molar-refractivity contribution in [1.29, 1.82) is 0 Å². The molecule has 0 radical (unpaired) electrons. The molecule has 0 aliphatic rings. The predicted octanol–water partition coefficient (Wildman–Crippen LogP) is 5.72. The van der Waals surface area contributed by atoms with E-state index in [1.54, 1.807) is 24.3 Å². The van der Waals surface area contributed by atoms with Gasteiger partial charge in [0.1, 0.15) is 17.0 Å². The number of para-hydroxylation sites is 1. The molecule has 188 valence electrons. The molecule has 0 fully saturated rings. The van der Waals surface area contributed by atoms with Crippen molar-refractivity contribution in [1.82, 2.24) is 0 Å². The van der Waals surface area contributed by atoms with Gasteiger partial charge in [-0.25, -0.2) is 4.79 Å². The van der Waals surface area contributed by atoms with Gasteiger partial charge >= 0.3 is 11.3 Å². The summed E-state index contributed by atoms with van der Waals surface area (Å²) in [4.78, 5) is 34.0. The number of nitrogens with one attached hydrogen (secondary N) is 1. The highest BCUT2D eigenvalue weighted by atomic mass is 16.6. The van der Waals surface area contributed by atoms with Gasteiger partial charge in [0.05, 0.1) is 26.9 Å². The minimum atomic E-state index is -0.735. The molecule has 0 spiro atoms. The number of nitro groups is 2. The van der Waals surface area contributed by atoms with E-state index in [0.717, 1.165) is 17.7 Å². The van der Waals surface area contributed by atoms with Crippen molar-refractivity contribution in [2.75, 3.05) is 5.43 Å². The molecule has 0 saturated heterocycles. The zero-order chi connectivity index (χ0) is 26.5. The second-order valence-electron chi connectivity index (χ2n) is 8.17. The topological polar surface area (TPSA) is 161 Å². The number of nitrogens with zero attached hydrogens (tertiary/aromatic N) is 3. The number of anilines is 1. The number of aromatic hydroxyl groups is 1. The summed E-state index contributed by atoms with van der Waals surface area (Å²) in [6, 6.07) is 19.0. The van der Waals surface area contributed by atoms with E-state index in [9.17, 15) is 30.1 Å². The molecule has 1 heterocycles. The zero-order valence-electron chi connectivity index (χ0n) is 19.7. The average molecular weight is 502 g/mol. The van der Waals surface area contributed by atoms with Crippen LogP contribution >= 0.6 is 0 Å². The highest BCUT2D eigenvalue weighted by molar-refractivity contribution is 5.88. The summed E-state index contributed by atoms with van der Waals surface area (Å²) in [5.74, 6) is -0.815. The summed E-state index contributed by atoms with van der Waals surface area (Å²) >= 11 is 0. The van der Waals surface area contributed by atoms with E-state index in [0.29, 0.717) is 17.5 Å². The number of non-ortho nitro benzene ring substituents is 1. The van der Waals surface area contributed by atoms with E-state index >= 15 is 0 Å². The maximum Gasteiger partial charge on any atom is 0.343 e. The first kappa shape index (κ1) is 25.0. The lowest BCUT2D eigenvalue weighted by Crippen LogP contribution is -2.18. The van der Waals surface area contributed by atoms with Crippen molar-refractivity contribution in [3.8, 4) is 5.75 Å². The predicted molar refractivity (Wildman–Crippen MR) is 138 cm³/mol. The lowest BCUT2D eigenvalue weighted by atomic mass is 9.86. The Bertz CT molecular complexity index is 1560. The van der Waals surface area contributed by atoms with Gasteiger partial charge in [-0.05, 0) is 36.6 Å². The first-order chi connectivity index (χ1) is 17.8. The highest BCUT2D eigenvalue weighted by Crippen LogP contribution is 2.36. The van der Waals surface area contributed by atoms with Crippen molar-refractivity contribution in [3.63, 3.8) is 0 Å². The normalized spacial score (nSPS) is 12.3. The van der Waals surface area contributed by atoms with Crippen LogP contribution in [0.25, 0.3) is 11.0 Å². The van der Waals surface area contributed by atoms with Crippen LogP contribution < -0.4 is 11.1 Å². The van der Waals surface area contributed by atoms with E-state index in [4.69, 9.17) is 4.42 Å². The highest BCUT2D eigenvalue weighted by Gasteiger charge is 2.26. The Morgan fingerprint density at radius 3 is 2.41 bits per heavy atom. The van der Waals surface area contributed by atoms with Crippen molar-refractivity contribution in [2.45, 2.75) is 25.7 Å². The van der Waals surface area contributed by atoms with Gasteiger partial charge in [0.25, 0.3) is 5.69 Å². The van der Waals surface area contributed by atoms with Crippen molar-refractivity contribution in [2.24, 2.45) is 5.10 Å². The first-order valence-electron chi connectivity index (χ1n) is 11.3. The third kappa shape index (κ3) is 5.30. The molecule has 1 unspecified atom stereocenters. The molecule has 4 rings (SSSR count). The summed E-state index contributed by atoms with van der Waals surface area (Å²) in [7, 11) is 0. The van der Waals surface area contributed by atoms with Crippen molar-refractivity contribution in [3.05, 3.63) is 115 Å². The zero-order valence-corrected chi connectivity index (χ0v) is 19.7. The van der Waals surface area contributed by atoms with Crippen molar-refractivity contribution >= 4 is 33.7 Å². The molecule has 11 nitrogen and oxygen atoms in total. The minimum absolute atomic E-state index is 0.0223. The van der Waals surface area contributed by atoms with Gasteiger partial charge in [-0.15, -0.1) is 0 Å². The Hall–Kier alpha value is -5.06. The Morgan fingerprint density at radius 1 is 1.03 bits per heavy atom. The largest absolute Gasteiger partial charge is 0.507 e. The van der Waals surface area contributed by atoms with Gasteiger partial charge in [0, 0.05) is 17.7 Å². The van der Waals surface area contributed by atoms with Gasteiger partial charge in [-0.3, -0.25) is 25.7 Å². The summed E-state index contributed by atoms with van der Waals surface area (Å²) in [5, 5.41) is 38.3. The van der Waals surface area contributed by atoms with Gasteiger partial charge in [-0.2, -0.15) is 5.10 Å². The van der Waals surface area contributed by atoms with Crippen LogP contribution in [0, 0.1) is 20.2 Å². The number of hydrogen-bond acceptors (Lipinski definition) is 9. The fraction of sp³-hybridized carbons (Fsp3) is 0.154. The molecule has 0 saturated carbocycles. The number of hydrogen-bond donors (Lipinski definition) is 2. The molecule has 11 heteroatoms. The number of fused-ring (bicyclic) bond motifs is 1. The molecular formula is C26H22N4O7. The lowest BCUT2D eigenvalue weighted by molar-refractivity contribution is -0.393. The van der Waals surface area contributed by atoms with E-state index in [1.807, 2.05) is 37.3 Å². The van der Waals surface area contributed by atoms with Crippen LogP contribution in [-0.4, -0.2) is 20.7 Å². The van der Waals surface area contributed by atoms with Crippen LogP contribution in [0.4, 0.5) is 17.1 Å². The summed E-state index contributed by atoms with van der Waals surface area (Å²) in [6.45, 7) is 1.83. The quantitative estimate of drug-likeness (QED) is 0.127. The van der Waals surface area contributed by atoms with Crippen LogP contribution in [0.5, 0.6) is 5.75 Å². The fourth-order valence-corrected chi connectivity index (χ4v) is 4.05. The fourth-order valence-electron chi connectivity index (χ4n) is 4.05. The molecule has 0 aliphatic carbocycles. The van der Waals surface area contributed by atoms with Crippen LogP contribution in [-0.2, 0) is 0 Å². The Balaban J connectivity index is 1.75. The minimum Gasteiger partial charge on any atom is -0.507 e. The molecule has 0 amide bonds. The van der Waals surface area contributed by atoms with Gasteiger partial charge < -0.3 is 9.52 Å². The molecule has 3 aromatic carbocycles. The second-order valence-corrected chi connectivity index (χ2v) is 8.17. The number of nitro benzene ring substituents is 2. The monoisotopic (exact) mass is 502 g/mol. The smallest absolute Gasteiger partial charge is 0.343 e. The molecule has 2 N–H and O–H groups in total. The van der Waals surface area contributed by atoms with Crippen molar-refractivity contribution < 1.29 is 19.4 Å². The summed E-state index contributed by atoms with van der Waals surface area (Å²) < 4.78 is 5.49. The van der Waals surface area contributed by atoms with Gasteiger partial charge in [0.2, 0.25) is 0 Å². The van der Waals surface area contributed by atoms with Crippen LogP contribution in [0.15, 0.2) is 87.1 Å². The molecule has 0 bridgehead atoms. The van der Waals surface area contributed by atoms with E-state index in [-0.39, 0.29) is 29.0 Å². The maximum absolute atomic E-state index is 13.0. The molecule has 37 heavy (non-hydrogen) atoms. The van der Waals surface area contributed by atoms with Crippen LogP contribution in [0.2, 0.25) is 0 Å². The number of rotatable bonds is 9. The Morgan fingerprint density at radius 2 is 1.73 bits per heavy atom. The van der Waals surface area contributed by atoms with Gasteiger partial charge in [0.15, 0.2) is 0 Å². The second kappa shape index (κ2) is 10.7. The maximum atomic E-state index is 13.0. The third-order valence-corrected chi connectivity index (χ3v) is 5.94. The van der Waals surface area contributed by atoms with Crippen LogP contribution in [0.3, 0.4) is 0 Å². The molecule has 1 aromatic heterocycles. The van der Waals surface area contributed by atoms with E-state index in [1.165, 1.54) is 6.07 Å². The molecule has 0 aliphatic heterocycles. The molecule has 4 aromatic rings. The Labute approximate surface area is 210 Å². The van der Waals surface area contributed by atoms with E-state index in [2.05, 4.69) is 10.5 Å². The lowest BCUT2D eigenvalue weighted by Gasteiger charge is -2.19. The Kier molecular flexibility index (Phi) is 7.23. The summed E-state index contributed by atoms with van der Waals surface area (Å²) in [5.41, 5.74) is 2.63. The number of hydrazone groups is 1. The molecule has 1 atom stereocenters. The standard InChI is InChI=1S/C26H22N4O7/c1-2-17(27-28-21-13-12-18(29(33)34)15-22(21)30(35)36)14-20(16-8-4-3-5-9-16)24-25(31)19-10-6-7-11-23(19)37-26(24)32/h3-13,15,20,28,31H,2,14H2,1H3. The van der Waals surface area contributed by atoms with Gasteiger partial charge in [-0.1, -0.05) is 49.4 Å². The molecular weight excluding hydrogens is 480 g/mol. The average Bonchev–Trinajstić information content (AvgIpc) is 2.90. The summed E-state index contributed by atoms with van der Waals surface area (Å²) in [6.07, 6.45) is 0.599. The van der Waals surface area contributed by atoms with Crippen LogP contribution in [0.1, 0.15) is 36.8 Å². The first-order valence-corrected chi connectivity index (χ1v) is 11.3. The SMILES string of the molecule is CCC(CC(c1ccccc1)c1c(O)c2ccccc2oc1=O)=NNc1ccc([N+](=O)[O-])cc1[N+](=O)[O-]. The third-order valence-electron chi connectivity index (χ3n) is 5.94.